The molecule has 1 aromatic rings. The van der Waals surface area contributed by atoms with Crippen LogP contribution in [0.1, 0.15) is 48.1 Å². The van der Waals surface area contributed by atoms with E-state index in [9.17, 15) is 9.18 Å². The van der Waals surface area contributed by atoms with E-state index in [2.05, 4.69) is 9.97 Å². The first-order chi connectivity index (χ1) is 8.47. The summed E-state index contributed by atoms with van der Waals surface area (Å²) in [5.74, 6) is 0.239. The maximum absolute atomic E-state index is 12.1. The lowest BCUT2D eigenvalue weighted by molar-refractivity contribution is 0.0690. The first-order valence-electron chi connectivity index (χ1n) is 5.78. The van der Waals surface area contributed by atoms with Gasteiger partial charge >= 0.3 is 5.97 Å². The highest BCUT2D eigenvalue weighted by Gasteiger charge is 2.19. The van der Waals surface area contributed by atoms with Gasteiger partial charge in [0.15, 0.2) is 0 Å². The van der Waals surface area contributed by atoms with Crippen LogP contribution < -0.4 is 0 Å². The van der Waals surface area contributed by atoms with Gasteiger partial charge in [-0.1, -0.05) is 13.8 Å². The highest BCUT2D eigenvalue weighted by atomic mass is 32.2. The first kappa shape index (κ1) is 14.9. The van der Waals surface area contributed by atoms with Crippen LogP contribution in [-0.4, -0.2) is 33.5 Å². The van der Waals surface area contributed by atoms with Crippen molar-refractivity contribution in [3.05, 3.63) is 17.1 Å². The lowest BCUT2D eigenvalue weighted by Gasteiger charge is -2.11. The quantitative estimate of drug-likeness (QED) is 0.490. The van der Waals surface area contributed by atoms with E-state index in [1.165, 1.54) is 11.8 Å². The molecule has 6 heteroatoms. The zero-order valence-electron chi connectivity index (χ0n) is 10.7. The smallest absolute Gasteiger partial charge is 0.340 e. The van der Waals surface area contributed by atoms with Gasteiger partial charge in [0.05, 0.1) is 12.4 Å². The average molecular weight is 272 g/mol. The number of carboxylic acid groups (broad SMARTS) is 1. The maximum atomic E-state index is 12.1. The number of aryl methyl sites for hydroxylation is 1. The predicted octanol–water partition coefficient (Wildman–Crippen LogP) is 3.06. The highest BCUT2D eigenvalue weighted by Crippen LogP contribution is 2.25. The summed E-state index contributed by atoms with van der Waals surface area (Å²) in [6, 6.07) is 0. The zero-order valence-corrected chi connectivity index (χ0v) is 11.6. The van der Waals surface area contributed by atoms with Crippen molar-refractivity contribution in [3.63, 3.8) is 0 Å². The van der Waals surface area contributed by atoms with Crippen molar-refractivity contribution >= 4 is 17.7 Å². The fraction of sp³-hybridized carbons (Fsp3) is 0.583. The molecule has 0 unspecified atom stereocenters. The molecular weight excluding hydrogens is 255 g/mol. The first-order valence-corrected chi connectivity index (χ1v) is 6.76. The minimum atomic E-state index is -1.04. The predicted molar refractivity (Wildman–Crippen MR) is 69.1 cm³/mol. The fourth-order valence-corrected chi connectivity index (χ4v) is 2.38. The van der Waals surface area contributed by atoms with Gasteiger partial charge in [0, 0.05) is 11.7 Å². The molecule has 0 spiro atoms. The summed E-state index contributed by atoms with van der Waals surface area (Å²) >= 11 is 1.27. The van der Waals surface area contributed by atoms with Gasteiger partial charge in [-0.05, 0) is 13.3 Å². The summed E-state index contributed by atoms with van der Waals surface area (Å²) in [7, 11) is 0. The van der Waals surface area contributed by atoms with Crippen LogP contribution in [0.3, 0.4) is 0 Å². The molecule has 1 aromatic heterocycles. The summed E-state index contributed by atoms with van der Waals surface area (Å²) in [5, 5.41) is 9.60. The number of aromatic nitrogens is 2. The standard InChI is InChI=1S/C12H17FN2O2S/c1-7(2)10-14-8(3)9(12(16)17)11(15-10)18-6-4-5-13/h7H,4-6H2,1-3H3,(H,16,17). The van der Waals surface area contributed by atoms with Gasteiger partial charge in [-0.25, -0.2) is 14.8 Å². The summed E-state index contributed by atoms with van der Waals surface area (Å²) in [4.78, 5) is 19.7. The van der Waals surface area contributed by atoms with Gasteiger partial charge in [0.1, 0.15) is 16.4 Å². The monoisotopic (exact) mass is 272 g/mol. The molecule has 18 heavy (non-hydrogen) atoms. The van der Waals surface area contributed by atoms with Crippen molar-refractivity contribution in [1.29, 1.82) is 0 Å². The van der Waals surface area contributed by atoms with Gasteiger partial charge in [-0.2, -0.15) is 0 Å². The number of nitrogens with zero attached hydrogens (tertiary/aromatic N) is 2. The number of rotatable bonds is 6. The van der Waals surface area contributed by atoms with Gasteiger partial charge in [-0.3, -0.25) is 4.39 Å². The van der Waals surface area contributed by atoms with Crippen molar-refractivity contribution in [2.45, 2.75) is 38.1 Å². The lowest BCUT2D eigenvalue weighted by atomic mass is 10.2. The molecule has 0 bridgehead atoms. The Labute approximate surface area is 110 Å². The van der Waals surface area contributed by atoms with Crippen LogP contribution in [0.5, 0.6) is 0 Å². The van der Waals surface area contributed by atoms with E-state index in [0.29, 0.717) is 28.7 Å². The highest BCUT2D eigenvalue weighted by molar-refractivity contribution is 7.99. The number of thioether (sulfide) groups is 1. The van der Waals surface area contributed by atoms with E-state index >= 15 is 0 Å². The molecule has 0 saturated carbocycles. The SMILES string of the molecule is Cc1nc(C(C)C)nc(SCCCF)c1C(=O)O. The molecule has 0 amide bonds. The number of halogens is 1. The van der Waals surface area contributed by atoms with E-state index in [1.54, 1.807) is 6.92 Å². The molecule has 0 saturated heterocycles. The molecule has 100 valence electrons. The van der Waals surface area contributed by atoms with E-state index in [-0.39, 0.29) is 11.5 Å². The van der Waals surface area contributed by atoms with Gasteiger partial charge in [-0.15, -0.1) is 11.8 Å². The van der Waals surface area contributed by atoms with Crippen molar-refractivity contribution < 1.29 is 14.3 Å². The van der Waals surface area contributed by atoms with E-state index in [4.69, 9.17) is 5.11 Å². The Bertz CT molecular complexity index is 438. The number of hydrogen-bond acceptors (Lipinski definition) is 4. The molecule has 1 heterocycles. The maximum Gasteiger partial charge on any atom is 0.340 e. The Kier molecular flexibility index (Phi) is 5.53. The molecule has 0 radical (unpaired) electrons. The molecule has 4 nitrogen and oxygen atoms in total. The molecule has 0 aliphatic heterocycles. The third-order valence-corrected chi connectivity index (χ3v) is 3.38. The van der Waals surface area contributed by atoms with E-state index < -0.39 is 12.6 Å². The second-order valence-electron chi connectivity index (χ2n) is 4.20. The Hall–Kier alpha value is -1.17. The average Bonchev–Trinajstić information content (AvgIpc) is 2.27. The summed E-state index contributed by atoms with van der Waals surface area (Å²) in [5.41, 5.74) is 0.590. The number of carbonyl (C=O) groups is 1. The van der Waals surface area contributed by atoms with Crippen molar-refractivity contribution in [2.75, 3.05) is 12.4 Å². The van der Waals surface area contributed by atoms with Crippen LogP contribution in [0.2, 0.25) is 0 Å². The van der Waals surface area contributed by atoms with Crippen LogP contribution >= 0.6 is 11.8 Å². The Morgan fingerprint density at radius 1 is 1.44 bits per heavy atom. The van der Waals surface area contributed by atoms with E-state index in [0.717, 1.165) is 0 Å². The van der Waals surface area contributed by atoms with Crippen LogP contribution in [0.4, 0.5) is 4.39 Å². The van der Waals surface area contributed by atoms with Crippen LogP contribution in [0.15, 0.2) is 5.03 Å². The third kappa shape index (κ3) is 3.66. The number of hydrogen-bond donors (Lipinski definition) is 1. The van der Waals surface area contributed by atoms with Gasteiger partial charge in [0.2, 0.25) is 0 Å². The second-order valence-corrected chi connectivity index (χ2v) is 5.28. The second kappa shape index (κ2) is 6.68. The van der Waals surface area contributed by atoms with E-state index in [1.807, 2.05) is 13.8 Å². The van der Waals surface area contributed by atoms with Crippen LogP contribution in [0.25, 0.3) is 0 Å². The molecule has 0 aliphatic rings. The van der Waals surface area contributed by atoms with Gasteiger partial charge < -0.3 is 5.11 Å². The van der Waals surface area contributed by atoms with Crippen LogP contribution in [0, 0.1) is 6.92 Å². The molecule has 0 atom stereocenters. The summed E-state index contributed by atoms with van der Waals surface area (Å²) in [6.07, 6.45) is 0.393. The van der Waals surface area contributed by atoms with Crippen molar-refractivity contribution in [3.8, 4) is 0 Å². The molecule has 0 fully saturated rings. The Morgan fingerprint density at radius 3 is 2.61 bits per heavy atom. The molecule has 1 rings (SSSR count). The third-order valence-electron chi connectivity index (χ3n) is 2.32. The summed E-state index contributed by atoms with van der Waals surface area (Å²) in [6.45, 7) is 5.16. The lowest BCUT2D eigenvalue weighted by Crippen LogP contribution is -2.10. The van der Waals surface area contributed by atoms with Crippen molar-refractivity contribution in [2.24, 2.45) is 0 Å². The Morgan fingerprint density at radius 2 is 2.11 bits per heavy atom. The number of carboxylic acids is 1. The van der Waals surface area contributed by atoms with Crippen LogP contribution in [-0.2, 0) is 0 Å². The normalized spacial score (nSPS) is 10.9. The number of aromatic carboxylic acids is 1. The zero-order chi connectivity index (χ0) is 13.7. The largest absolute Gasteiger partial charge is 0.478 e. The number of alkyl halides is 1. The fourth-order valence-electron chi connectivity index (χ4n) is 1.40. The Balaban J connectivity index is 3.12. The minimum absolute atomic E-state index is 0.128. The topological polar surface area (TPSA) is 63.1 Å². The molecular formula is C12H17FN2O2S. The molecule has 0 aliphatic carbocycles. The van der Waals surface area contributed by atoms with Gasteiger partial charge in [0.25, 0.3) is 0 Å². The summed E-state index contributed by atoms with van der Waals surface area (Å²) < 4.78 is 12.1. The minimum Gasteiger partial charge on any atom is -0.478 e. The molecule has 1 N–H and O–H groups in total. The molecule has 0 aromatic carbocycles. The van der Waals surface area contributed by atoms with Crippen molar-refractivity contribution in [1.82, 2.24) is 9.97 Å².